The second-order valence-corrected chi connectivity index (χ2v) is 4.19. The summed E-state index contributed by atoms with van der Waals surface area (Å²) in [5.41, 5.74) is 3.51. The Hall–Kier alpha value is -1.77. The quantitative estimate of drug-likeness (QED) is 0.812. The lowest BCUT2D eigenvalue weighted by Gasteiger charge is -1.93. The highest BCUT2D eigenvalue weighted by Gasteiger charge is 1.88. The lowest BCUT2D eigenvalue weighted by Crippen LogP contribution is -1.90. The van der Waals surface area contributed by atoms with Crippen LogP contribution in [0.4, 0.5) is 0 Å². The van der Waals surface area contributed by atoms with Crippen LogP contribution in [0.25, 0.3) is 0 Å². The van der Waals surface area contributed by atoms with Crippen molar-refractivity contribution in [3.05, 3.63) is 53.4 Å². The Morgan fingerprint density at radius 3 is 1.94 bits per heavy atom. The summed E-state index contributed by atoms with van der Waals surface area (Å²) in [6.07, 6.45) is 7.60. The van der Waals surface area contributed by atoms with Crippen molar-refractivity contribution in [2.45, 2.75) is 40.5 Å². The maximum atomic E-state index is 4.15. The Morgan fingerprint density at radius 2 is 1.50 bits per heavy atom. The molecule has 0 saturated carbocycles. The van der Waals surface area contributed by atoms with Crippen LogP contribution in [0.1, 0.15) is 36.5 Å². The van der Waals surface area contributed by atoms with Gasteiger partial charge in [-0.25, -0.2) is 9.97 Å². The van der Waals surface area contributed by atoms with E-state index in [-0.39, 0.29) is 0 Å². The molecule has 0 atom stereocenters. The molecular formula is C15H21N3. The Bertz CT molecular complexity index is 401. The topological polar surface area (TPSA) is 38.7 Å². The number of hydrogen-bond acceptors (Lipinski definition) is 3. The van der Waals surface area contributed by atoms with Gasteiger partial charge in [-0.1, -0.05) is 19.9 Å². The van der Waals surface area contributed by atoms with E-state index in [0.717, 1.165) is 29.9 Å². The standard InChI is InChI=1S/C8H11N.C7H10N2/c1-3-8-5-4-7(2)9-6-8;1-3-7-8-4-6(2)5-9-7/h4-6H,3H2,1-2H3;4-5H,3H2,1-2H3. The van der Waals surface area contributed by atoms with Gasteiger partial charge in [-0.3, -0.25) is 4.98 Å². The van der Waals surface area contributed by atoms with Gasteiger partial charge in [0.1, 0.15) is 5.82 Å². The molecular weight excluding hydrogens is 222 g/mol. The van der Waals surface area contributed by atoms with Gasteiger partial charge >= 0.3 is 0 Å². The molecule has 0 aliphatic carbocycles. The first-order chi connectivity index (χ1) is 8.65. The van der Waals surface area contributed by atoms with Crippen molar-refractivity contribution in [1.29, 1.82) is 0 Å². The Labute approximate surface area is 109 Å². The summed E-state index contributed by atoms with van der Waals surface area (Å²) in [6, 6.07) is 4.15. The van der Waals surface area contributed by atoms with Crippen molar-refractivity contribution in [2.75, 3.05) is 0 Å². The van der Waals surface area contributed by atoms with Crippen LogP contribution < -0.4 is 0 Å². The number of nitrogens with zero attached hydrogens (tertiary/aromatic N) is 3. The average Bonchev–Trinajstić information content (AvgIpc) is 2.41. The maximum absolute atomic E-state index is 4.15. The van der Waals surface area contributed by atoms with Gasteiger partial charge in [0.15, 0.2) is 0 Å². The van der Waals surface area contributed by atoms with Crippen LogP contribution in [-0.2, 0) is 12.8 Å². The molecule has 2 rings (SSSR count). The van der Waals surface area contributed by atoms with E-state index >= 15 is 0 Å². The molecule has 0 amide bonds. The molecule has 18 heavy (non-hydrogen) atoms. The summed E-state index contributed by atoms with van der Waals surface area (Å²) in [5.74, 6) is 0.917. The first kappa shape index (κ1) is 14.3. The molecule has 3 heteroatoms. The van der Waals surface area contributed by atoms with E-state index < -0.39 is 0 Å². The molecule has 0 spiro atoms. The second kappa shape index (κ2) is 7.54. The van der Waals surface area contributed by atoms with E-state index in [1.165, 1.54) is 5.56 Å². The molecule has 0 unspecified atom stereocenters. The van der Waals surface area contributed by atoms with Crippen molar-refractivity contribution >= 4 is 0 Å². The molecule has 3 nitrogen and oxygen atoms in total. The number of aryl methyl sites for hydroxylation is 4. The minimum atomic E-state index is 0.917. The van der Waals surface area contributed by atoms with Crippen LogP contribution in [-0.4, -0.2) is 15.0 Å². The number of pyridine rings is 1. The van der Waals surface area contributed by atoms with E-state index in [4.69, 9.17) is 0 Å². The van der Waals surface area contributed by atoms with E-state index in [1.807, 2.05) is 45.4 Å². The zero-order chi connectivity index (χ0) is 13.4. The van der Waals surface area contributed by atoms with Crippen LogP contribution in [0.5, 0.6) is 0 Å². The van der Waals surface area contributed by atoms with Gasteiger partial charge in [0, 0.05) is 30.7 Å². The number of hydrogen-bond donors (Lipinski definition) is 0. The van der Waals surface area contributed by atoms with E-state index in [2.05, 4.69) is 27.9 Å². The fraction of sp³-hybridized carbons (Fsp3) is 0.400. The molecule has 0 bridgehead atoms. The van der Waals surface area contributed by atoms with E-state index in [0.29, 0.717) is 0 Å². The molecule has 2 heterocycles. The summed E-state index contributed by atoms with van der Waals surface area (Å²) >= 11 is 0. The minimum Gasteiger partial charge on any atom is -0.261 e. The van der Waals surface area contributed by atoms with Crippen molar-refractivity contribution in [3.63, 3.8) is 0 Å². The summed E-state index contributed by atoms with van der Waals surface area (Å²) in [5, 5.41) is 0. The molecule has 0 aliphatic heterocycles. The molecule has 0 aliphatic rings. The van der Waals surface area contributed by atoms with Crippen molar-refractivity contribution in [2.24, 2.45) is 0 Å². The second-order valence-electron chi connectivity index (χ2n) is 4.19. The zero-order valence-electron chi connectivity index (χ0n) is 11.6. The number of aromatic nitrogens is 3. The van der Waals surface area contributed by atoms with Crippen LogP contribution in [0, 0.1) is 13.8 Å². The molecule has 0 N–H and O–H groups in total. The molecule has 0 fully saturated rings. The molecule has 2 aromatic heterocycles. The van der Waals surface area contributed by atoms with Gasteiger partial charge in [-0.05, 0) is 37.5 Å². The first-order valence-electron chi connectivity index (χ1n) is 6.34. The fourth-order valence-corrected chi connectivity index (χ4v) is 1.31. The van der Waals surface area contributed by atoms with Gasteiger partial charge in [-0.15, -0.1) is 0 Å². The Balaban J connectivity index is 0.000000180. The highest BCUT2D eigenvalue weighted by atomic mass is 14.8. The molecule has 0 saturated heterocycles. The van der Waals surface area contributed by atoms with Gasteiger partial charge in [-0.2, -0.15) is 0 Å². The molecule has 96 valence electrons. The molecule has 0 aromatic carbocycles. The zero-order valence-corrected chi connectivity index (χ0v) is 11.6. The summed E-state index contributed by atoms with van der Waals surface area (Å²) in [4.78, 5) is 12.3. The van der Waals surface area contributed by atoms with Crippen LogP contribution in [0.15, 0.2) is 30.7 Å². The van der Waals surface area contributed by atoms with Gasteiger partial charge in [0.05, 0.1) is 0 Å². The van der Waals surface area contributed by atoms with Crippen molar-refractivity contribution in [3.8, 4) is 0 Å². The Kier molecular flexibility index (Phi) is 5.98. The van der Waals surface area contributed by atoms with Crippen LogP contribution >= 0.6 is 0 Å². The minimum absolute atomic E-state index is 0.917. The Morgan fingerprint density at radius 1 is 0.833 bits per heavy atom. The van der Waals surface area contributed by atoms with E-state index in [9.17, 15) is 0 Å². The highest BCUT2D eigenvalue weighted by Crippen LogP contribution is 1.98. The van der Waals surface area contributed by atoms with Gasteiger partial charge in [0.25, 0.3) is 0 Å². The largest absolute Gasteiger partial charge is 0.261 e. The SMILES string of the molecule is CCc1ccc(C)nc1.CCc1ncc(C)cn1. The normalized spacial score (nSPS) is 9.56. The van der Waals surface area contributed by atoms with Crippen LogP contribution in [0.3, 0.4) is 0 Å². The summed E-state index contributed by atoms with van der Waals surface area (Å²) < 4.78 is 0. The molecule has 0 radical (unpaired) electrons. The maximum Gasteiger partial charge on any atom is 0.127 e. The fourth-order valence-electron chi connectivity index (χ4n) is 1.31. The van der Waals surface area contributed by atoms with Crippen molar-refractivity contribution in [1.82, 2.24) is 15.0 Å². The van der Waals surface area contributed by atoms with Crippen molar-refractivity contribution < 1.29 is 0 Å². The lowest BCUT2D eigenvalue weighted by molar-refractivity contribution is 0.929. The smallest absolute Gasteiger partial charge is 0.127 e. The summed E-state index contributed by atoms with van der Waals surface area (Å²) in [6.45, 7) is 8.16. The predicted molar refractivity (Wildman–Crippen MR) is 74.5 cm³/mol. The third-order valence-corrected chi connectivity index (χ3v) is 2.53. The highest BCUT2D eigenvalue weighted by molar-refractivity contribution is 5.12. The molecule has 2 aromatic rings. The lowest BCUT2D eigenvalue weighted by atomic mass is 10.2. The van der Waals surface area contributed by atoms with Gasteiger partial charge in [0.2, 0.25) is 0 Å². The van der Waals surface area contributed by atoms with Crippen LogP contribution in [0.2, 0.25) is 0 Å². The predicted octanol–water partition coefficient (Wildman–Crippen LogP) is 3.30. The summed E-state index contributed by atoms with van der Waals surface area (Å²) in [7, 11) is 0. The van der Waals surface area contributed by atoms with E-state index in [1.54, 1.807) is 0 Å². The number of rotatable bonds is 2. The third kappa shape index (κ3) is 5.04. The third-order valence-electron chi connectivity index (χ3n) is 2.53. The average molecular weight is 243 g/mol. The first-order valence-corrected chi connectivity index (χ1v) is 6.34. The van der Waals surface area contributed by atoms with Gasteiger partial charge < -0.3 is 0 Å². The monoisotopic (exact) mass is 243 g/mol.